The van der Waals surface area contributed by atoms with Gasteiger partial charge in [-0.3, -0.25) is 14.7 Å². The Labute approximate surface area is 181 Å². The molecule has 2 N–H and O–H groups in total. The number of carbonyl (C=O) groups excluding carboxylic acids is 3. The van der Waals surface area contributed by atoms with Crippen molar-refractivity contribution in [1.29, 1.82) is 0 Å². The number of Topliss-reactive ketones (excluding diaryl/α,β-unsaturated/α-hetero) is 1. The number of aromatic nitrogens is 1. The van der Waals surface area contributed by atoms with Crippen molar-refractivity contribution in [2.75, 3.05) is 33.4 Å². The van der Waals surface area contributed by atoms with Crippen molar-refractivity contribution < 1.29 is 28.6 Å². The van der Waals surface area contributed by atoms with Gasteiger partial charge >= 0.3 is 12.2 Å². The van der Waals surface area contributed by atoms with Crippen molar-refractivity contribution in [3.8, 4) is 0 Å². The number of nitrogens with one attached hydrogen (secondary N) is 2. The molecule has 0 saturated carbocycles. The number of alkyl carbamates (subject to hydrolysis) is 1. The highest BCUT2D eigenvalue weighted by Crippen LogP contribution is 2.30. The summed E-state index contributed by atoms with van der Waals surface area (Å²) in [6.07, 6.45) is 2.74. The van der Waals surface area contributed by atoms with Gasteiger partial charge < -0.3 is 19.5 Å². The third kappa shape index (κ3) is 5.83. The number of ether oxygens (including phenoxy) is 3. The molecule has 2 aromatic rings. The van der Waals surface area contributed by atoms with E-state index in [1.54, 1.807) is 6.20 Å². The van der Waals surface area contributed by atoms with E-state index in [2.05, 4.69) is 10.6 Å². The molecule has 9 heteroatoms. The van der Waals surface area contributed by atoms with Crippen LogP contribution in [0.2, 0.25) is 0 Å². The van der Waals surface area contributed by atoms with Gasteiger partial charge in [0.25, 0.3) is 0 Å². The van der Waals surface area contributed by atoms with Crippen LogP contribution in [0.4, 0.5) is 9.59 Å². The Morgan fingerprint density at radius 3 is 2.77 bits per heavy atom. The molecule has 0 spiro atoms. The fraction of sp³-hybridized carbons (Fsp3) is 0.500. The predicted octanol–water partition coefficient (Wildman–Crippen LogP) is 2.77. The quantitative estimate of drug-likeness (QED) is 0.588. The molecule has 0 bridgehead atoms. The summed E-state index contributed by atoms with van der Waals surface area (Å²) in [7, 11) is 1.32. The molecule has 1 fully saturated rings. The molecule has 168 valence electrons. The molecule has 1 aromatic carbocycles. The fourth-order valence-corrected chi connectivity index (χ4v) is 3.76. The van der Waals surface area contributed by atoms with Crippen molar-refractivity contribution in [2.24, 2.45) is 0 Å². The molecule has 2 atom stereocenters. The van der Waals surface area contributed by atoms with E-state index in [1.165, 1.54) is 18.6 Å². The van der Waals surface area contributed by atoms with Crippen LogP contribution < -0.4 is 10.6 Å². The molecule has 9 nitrogen and oxygen atoms in total. The lowest BCUT2D eigenvalue weighted by molar-refractivity contribution is -0.118. The fourth-order valence-electron chi connectivity index (χ4n) is 3.76. The minimum absolute atomic E-state index is 0.0119. The zero-order chi connectivity index (χ0) is 22.2. The third-order valence-electron chi connectivity index (χ3n) is 5.31. The molecule has 3 rings (SSSR count). The van der Waals surface area contributed by atoms with Gasteiger partial charge in [-0.1, -0.05) is 18.2 Å². The van der Waals surface area contributed by atoms with Crippen LogP contribution in [-0.2, 0) is 19.0 Å². The van der Waals surface area contributed by atoms with E-state index in [9.17, 15) is 14.4 Å². The number of rotatable bonds is 9. The molecule has 0 aliphatic carbocycles. The van der Waals surface area contributed by atoms with Crippen molar-refractivity contribution in [3.05, 3.63) is 36.0 Å². The lowest BCUT2D eigenvalue weighted by Gasteiger charge is -2.14. The molecule has 1 aliphatic heterocycles. The summed E-state index contributed by atoms with van der Waals surface area (Å²) in [5, 5.41) is 6.57. The van der Waals surface area contributed by atoms with Gasteiger partial charge in [0.1, 0.15) is 5.78 Å². The largest absolute Gasteiger partial charge is 0.452 e. The highest BCUT2D eigenvalue weighted by molar-refractivity contribution is 5.96. The van der Waals surface area contributed by atoms with Gasteiger partial charge in [0.15, 0.2) is 6.23 Å². The van der Waals surface area contributed by atoms with Crippen LogP contribution in [0.3, 0.4) is 0 Å². The van der Waals surface area contributed by atoms with Gasteiger partial charge in [-0.15, -0.1) is 0 Å². The highest BCUT2D eigenvalue weighted by Gasteiger charge is 2.23. The smallest absolute Gasteiger partial charge is 0.418 e. The summed E-state index contributed by atoms with van der Waals surface area (Å²) in [6, 6.07) is 7.40. The summed E-state index contributed by atoms with van der Waals surface area (Å²) in [6.45, 7) is 3.35. The molecule has 2 unspecified atom stereocenters. The molecular weight excluding hydrogens is 402 g/mol. The number of hydrogen-bond donors (Lipinski definition) is 2. The number of fused-ring (bicyclic) bond motifs is 1. The summed E-state index contributed by atoms with van der Waals surface area (Å²) < 4.78 is 17.1. The van der Waals surface area contributed by atoms with Gasteiger partial charge in [-0.05, 0) is 44.4 Å². The first-order chi connectivity index (χ1) is 15.0. The van der Waals surface area contributed by atoms with E-state index < -0.39 is 18.1 Å². The standard InChI is InChI=1S/C22H29N3O6/c1-15(26)16(9-12-30-13-11-24-21(27)31-20-8-5-10-23-20)18-14-25(22(28)29-2)19-7-4-3-6-17(18)19/h3-4,6-7,14,16,20,23H,5,8-13H2,1-2H3,(H,24,27). The number of carbonyl (C=O) groups is 3. The first kappa shape index (κ1) is 22.8. The van der Waals surface area contributed by atoms with E-state index in [4.69, 9.17) is 14.2 Å². The maximum Gasteiger partial charge on any atom is 0.418 e. The van der Waals surface area contributed by atoms with Gasteiger partial charge in [0.2, 0.25) is 0 Å². The molecule has 1 saturated heterocycles. The Bertz CT molecular complexity index is 919. The predicted molar refractivity (Wildman–Crippen MR) is 114 cm³/mol. The zero-order valence-electron chi connectivity index (χ0n) is 17.9. The first-order valence-corrected chi connectivity index (χ1v) is 10.5. The van der Waals surface area contributed by atoms with Crippen LogP contribution in [0.15, 0.2) is 30.5 Å². The van der Waals surface area contributed by atoms with Crippen LogP contribution >= 0.6 is 0 Å². The molecular formula is C22H29N3O6. The molecule has 2 heterocycles. The summed E-state index contributed by atoms with van der Waals surface area (Å²) >= 11 is 0. The second-order valence-corrected chi connectivity index (χ2v) is 7.42. The minimum atomic E-state index is -0.508. The van der Waals surface area contributed by atoms with Crippen molar-refractivity contribution in [1.82, 2.24) is 15.2 Å². The third-order valence-corrected chi connectivity index (χ3v) is 5.31. The van der Waals surface area contributed by atoms with Crippen molar-refractivity contribution >= 4 is 28.9 Å². The zero-order valence-corrected chi connectivity index (χ0v) is 17.9. The average molecular weight is 431 g/mol. The number of hydrogen-bond acceptors (Lipinski definition) is 7. The second-order valence-electron chi connectivity index (χ2n) is 7.42. The minimum Gasteiger partial charge on any atom is -0.452 e. The van der Waals surface area contributed by atoms with E-state index in [1.807, 2.05) is 24.3 Å². The van der Waals surface area contributed by atoms with Gasteiger partial charge in [0.05, 0.1) is 19.2 Å². The van der Waals surface area contributed by atoms with Gasteiger partial charge in [-0.25, -0.2) is 9.59 Å². The van der Waals surface area contributed by atoms with Crippen LogP contribution in [0.1, 0.15) is 37.7 Å². The Balaban J connectivity index is 1.52. The molecule has 31 heavy (non-hydrogen) atoms. The Morgan fingerprint density at radius 1 is 1.26 bits per heavy atom. The molecule has 1 aromatic heterocycles. The summed E-state index contributed by atoms with van der Waals surface area (Å²) in [4.78, 5) is 36.2. The van der Waals surface area contributed by atoms with Crippen LogP contribution in [0.25, 0.3) is 10.9 Å². The molecule has 1 aliphatic rings. The number of ketones is 1. The van der Waals surface area contributed by atoms with Crippen LogP contribution in [0, 0.1) is 0 Å². The highest BCUT2D eigenvalue weighted by atomic mass is 16.6. The average Bonchev–Trinajstić information content (AvgIpc) is 3.40. The second kappa shape index (κ2) is 10.9. The number of para-hydroxylation sites is 1. The SMILES string of the molecule is COC(=O)n1cc(C(CCOCCNC(=O)OC2CCCN2)C(C)=O)c2ccccc21. The number of amides is 1. The van der Waals surface area contributed by atoms with Crippen LogP contribution in [-0.4, -0.2) is 62.2 Å². The Hall–Kier alpha value is -2.91. The summed E-state index contributed by atoms with van der Waals surface area (Å²) in [5.41, 5.74) is 1.46. The van der Waals surface area contributed by atoms with E-state index in [0.717, 1.165) is 30.3 Å². The Morgan fingerprint density at radius 2 is 2.06 bits per heavy atom. The lowest BCUT2D eigenvalue weighted by Crippen LogP contribution is -2.35. The van der Waals surface area contributed by atoms with E-state index in [0.29, 0.717) is 31.7 Å². The first-order valence-electron chi connectivity index (χ1n) is 10.5. The number of nitrogens with zero attached hydrogens (tertiary/aromatic N) is 1. The maximum atomic E-state index is 12.4. The molecule has 0 radical (unpaired) electrons. The van der Waals surface area contributed by atoms with E-state index >= 15 is 0 Å². The van der Waals surface area contributed by atoms with Crippen molar-refractivity contribution in [3.63, 3.8) is 0 Å². The lowest BCUT2D eigenvalue weighted by atomic mass is 9.92. The maximum absolute atomic E-state index is 12.4. The Kier molecular flexibility index (Phi) is 8.02. The summed E-state index contributed by atoms with van der Waals surface area (Å²) in [5.74, 6) is -0.427. The van der Waals surface area contributed by atoms with Crippen molar-refractivity contribution in [2.45, 2.75) is 38.3 Å². The van der Waals surface area contributed by atoms with Gasteiger partial charge in [0, 0.05) is 30.7 Å². The number of benzene rings is 1. The van der Waals surface area contributed by atoms with Gasteiger partial charge in [-0.2, -0.15) is 0 Å². The number of methoxy groups -OCH3 is 1. The topological polar surface area (TPSA) is 108 Å². The molecule has 1 amide bonds. The normalized spacial score (nSPS) is 16.8. The van der Waals surface area contributed by atoms with Crippen LogP contribution in [0.5, 0.6) is 0 Å². The monoisotopic (exact) mass is 431 g/mol. The van der Waals surface area contributed by atoms with E-state index in [-0.39, 0.29) is 12.0 Å².